The lowest BCUT2D eigenvalue weighted by Crippen LogP contribution is -2.08. The zero-order valence-electron chi connectivity index (χ0n) is 17.4. The SMILES string of the molecule is CCCCCCCCCCC/C=C/CCCCCOC(=O)CC(C)C. The van der Waals surface area contributed by atoms with Gasteiger partial charge in [-0.2, -0.15) is 0 Å². The third-order valence-electron chi connectivity index (χ3n) is 4.49. The van der Waals surface area contributed by atoms with Crippen LogP contribution in [0.4, 0.5) is 0 Å². The molecule has 25 heavy (non-hydrogen) atoms. The van der Waals surface area contributed by atoms with Gasteiger partial charge in [-0.3, -0.25) is 4.79 Å². The maximum atomic E-state index is 11.4. The van der Waals surface area contributed by atoms with Gasteiger partial charge >= 0.3 is 5.97 Å². The van der Waals surface area contributed by atoms with Crippen LogP contribution in [0, 0.1) is 5.92 Å². The maximum Gasteiger partial charge on any atom is 0.306 e. The van der Waals surface area contributed by atoms with Gasteiger partial charge in [0, 0.05) is 6.42 Å². The average Bonchev–Trinajstić information content (AvgIpc) is 2.57. The van der Waals surface area contributed by atoms with Crippen molar-refractivity contribution in [3.05, 3.63) is 12.2 Å². The summed E-state index contributed by atoms with van der Waals surface area (Å²) in [6, 6.07) is 0. The van der Waals surface area contributed by atoms with Crippen molar-refractivity contribution in [3.8, 4) is 0 Å². The van der Waals surface area contributed by atoms with E-state index in [1.54, 1.807) is 0 Å². The van der Waals surface area contributed by atoms with Crippen molar-refractivity contribution >= 4 is 5.97 Å². The highest BCUT2D eigenvalue weighted by Gasteiger charge is 2.04. The molecule has 0 fully saturated rings. The van der Waals surface area contributed by atoms with Crippen LogP contribution in [-0.4, -0.2) is 12.6 Å². The number of esters is 1. The number of carbonyl (C=O) groups is 1. The van der Waals surface area contributed by atoms with Gasteiger partial charge in [0.25, 0.3) is 0 Å². The molecule has 0 aliphatic rings. The summed E-state index contributed by atoms with van der Waals surface area (Å²) in [5.41, 5.74) is 0. The topological polar surface area (TPSA) is 26.3 Å². The Kier molecular flexibility index (Phi) is 18.9. The second-order valence-corrected chi connectivity index (χ2v) is 7.76. The third-order valence-corrected chi connectivity index (χ3v) is 4.49. The number of hydrogen-bond acceptors (Lipinski definition) is 2. The predicted molar refractivity (Wildman–Crippen MR) is 110 cm³/mol. The molecular weight excluding hydrogens is 308 g/mol. The minimum Gasteiger partial charge on any atom is -0.466 e. The van der Waals surface area contributed by atoms with Crippen molar-refractivity contribution in [2.45, 2.75) is 117 Å². The van der Waals surface area contributed by atoms with Crippen molar-refractivity contribution in [1.82, 2.24) is 0 Å². The Morgan fingerprint density at radius 2 is 1.24 bits per heavy atom. The molecule has 0 radical (unpaired) electrons. The Morgan fingerprint density at radius 1 is 0.760 bits per heavy atom. The van der Waals surface area contributed by atoms with Gasteiger partial charge in [0.1, 0.15) is 0 Å². The maximum absolute atomic E-state index is 11.4. The molecule has 0 aliphatic heterocycles. The number of rotatable bonds is 18. The molecule has 0 saturated heterocycles. The van der Waals surface area contributed by atoms with E-state index in [0.29, 0.717) is 18.9 Å². The summed E-state index contributed by atoms with van der Waals surface area (Å²) < 4.78 is 5.22. The van der Waals surface area contributed by atoms with E-state index in [4.69, 9.17) is 4.74 Å². The predicted octanol–water partition coefficient (Wildman–Crippen LogP) is 7.61. The van der Waals surface area contributed by atoms with Gasteiger partial charge in [0.2, 0.25) is 0 Å². The highest BCUT2D eigenvalue weighted by Crippen LogP contribution is 2.11. The number of unbranched alkanes of at least 4 members (excludes halogenated alkanes) is 12. The van der Waals surface area contributed by atoms with Gasteiger partial charge in [-0.1, -0.05) is 84.3 Å². The van der Waals surface area contributed by atoms with Crippen LogP contribution in [-0.2, 0) is 9.53 Å². The summed E-state index contributed by atoms with van der Waals surface area (Å²) >= 11 is 0. The molecule has 0 unspecified atom stereocenters. The van der Waals surface area contributed by atoms with Crippen LogP contribution >= 0.6 is 0 Å². The zero-order chi connectivity index (χ0) is 18.6. The molecule has 0 aromatic heterocycles. The van der Waals surface area contributed by atoms with Gasteiger partial charge in [-0.25, -0.2) is 0 Å². The molecule has 0 bridgehead atoms. The normalized spacial score (nSPS) is 11.5. The van der Waals surface area contributed by atoms with Crippen LogP contribution in [0.15, 0.2) is 12.2 Å². The summed E-state index contributed by atoms with van der Waals surface area (Å²) in [6.07, 6.45) is 23.6. The van der Waals surface area contributed by atoms with Crippen molar-refractivity contribution in [3.63, 3.8) is 0 Å². The lowest BCUT2D eigenvalue weighted by Gasteiger charge is -2.06. The lowest BCUT2D eigenvalue weighted by atomic mass is 10.1. The largest absolute Gasteiger partial charge is 0.466 e. The van der Waals surface area contributed by atoms with E-state index in [9.17, 15) is 4.79 Å². The molecule has 0 saturated carbocycles. The van der Waals surface area contributed by atoms with Crippen molar-refractivity contribution in [1.29, 1.82) is 0 Å². The minimum atomic E-state index is -0.0455. The molecule has 0 amide bonds. The molecule has 0 aromatic carbocycles. The number of hydrogen-bond donors (Lipinski definition) is 0. The molecule has 0 spiro atoms. The Bertz CT molecular complexity index is 307. The lowest BCUT2D eigenvalue weighted by molar-refractivity contribution is -0.144. The molecule has 2 heteroatoms. The summed E-state index contributed by atoms with van der Waals surface area (Å²) in [7, 11) is 0. The quantitative estimate of drug-likeness (QED) is 0.144. The van der Waals surface area contributed by atoms with Gasteiger partial charge in [0.05, 0.1) is 6.61 Å². The summed E-state index contributed by atoms with van der Waals surface area (Å²) in [6.45, 7) is 6.96. The molecule has 0 atom stereocenters. The molecule has 148 valence electrons. The molecule has 0 aromatic rings. The monoisotopic (exact) mass is 352 g/mol. The average molecular weight is 353 g/mol. The van der Waals surface area contributed by atoms with Crippen LogP contribution in [0.2, 0.25) is 0 Å². The Morgan fingerprint density at radius 3 is 1.76 bits per heavy atom. The first-order valence-corrected chi connectivity index (χ1v) is 11.0. The Labute approximate surface area is 157 Å². The van der Waals surface area contributed by atoms with Crippen molar-refractivity contribution in [2.75, 3.05) is 6.61 Å². The summed E-state index contributed by atoms with van der Waals surface area (Å²) in [5.74, 6) is 0.347. The molecule has 0 aliphatic carbocycles. The first-order valence-electron chi connectivity index (χ1n) is 11.0. The van der Waals surface area contributed by atoms with Gasteiger partial charge in [-0.05, 0) is 44.4 Å². The second kappa shape index (κ2) is 19.5. The standard InChI is InChI=1S/C23H44O2/c1-4-5-6-7-8-9-10-11-12-13-14-15-16-17-18-19-20-25-23(24)21-22(2)3/h14-15,22H,4-13,16-21H2,1-3H3/b15-14+. The fourth-order valence-corrected chi connectivity index (χ4v) is 2.93. The number of ether oxygens (including phenoxy) is 1. The van der Waals surface area contributed by atoms with E-state index in [0.717, 1.165) is 19.3 Å². The van der Waals surface area contributed by atoms with E-state index in [1.807, 2.05) is 13.8 Å². The van der Waals surface area contributed by atoms with E-state index < -0.39 is 0 Å². The minimum absolute atomic E-state index is 0.0455. The molecule has 0 N–H and O–H groups in total. The molecule has 0 heterocycles. The first kappa shape index (κ1) is 24.2. The van der Waals surface area contributed by atoms with Crippen LogP contribution < -0.4 is 0 Å². The Balaban J connectivity index is 3.17. The van der Waals surface area contributed by atoms with Crippen LogP contribution in [0.3, 0.4) is 0 Å². The molecular formula is C23H44O2. The van der Waals surface area contributed by atoms with E-state index >= 15 is 0 Å². The number of carbonyl (C=O) groups excluding carboxylic acids is 1. The van der Waals surface area contributed by atoms with Crippen molar-refractivity contribution < 1.29 is 9.53 Å². The third kappa shape index (κ3) is 21.2. The van der Waals surface area contributed by atoms with E-state index in [1.165, 1.54) is 70.6 Å². The fraction of sp³-hybridized carbons (Fsp3) is 0.870. The van der Waals surface area contributed by atoms with E-state index in [-0.39, 0.29) is 5.97 Å². The molecule has 0 rings (SSSR count). The summed E-state index contributed by atoms with van der Waals surface area (Å²) in [4.78, 5) is 11.4. The smallest absolute Gasteiger partial charge is 0.306 e. The first-order chi connectivity index (χ1) is 12.2. The van der Waals surface area contributed by atoms with E-state index in [2.05, 4.69) is 19.1 Å². The zero-order valence-corrected chi connectivity index (χ0v) is 17.4. The van der Waals surface area contributed by atoms with Crippen LogP contribution in [0.1, 0.15) is 117 Å². The second-order valence-electron chi connectivity index (χ2n) is 7.76. The van der Waals surface area contributed by atoms with Crippen LogP contribution in [0.25, 0.3) is 0 Å². The highest BCUT2D eigenvalue weighted by atomic mass is 16.5. The summed E-state index contributed by atoms with van der Waals surface area (Å²) in [5, 5.41) is 0. The fourth-order valence-electron chi connectivity index (χ4n) is 2.93. The number of allylic oxidation sites excluding steroid dienone is 2. The highest BCUT2D eigenvalue weighted by molar-refractivity contribution is 5.69. The molecule has 2 nitrogen and oxygen atoms in total. The van der Waals surface area contributed by atoms with Gasteiger partial charge in [-0.15, -0.1) is 0 Å². The van der Waals surface area contributed by atoms with Crippen LogP contribution in [0.5, 0.6) is 0 Å². The van der Waals surface area contributed by atoms with Crippen molar-refractivity contribution in [2.24, 2.45) is 5.92 Å². The van der Waals surface area contributed by atoms with Gasteiger partial charge < -0.3 is 4.74 Å². The van der Waals surface area contributed by atoms with Gasteiger partial charge in [0.15, 0.2) is 0 Å². The Hall–Kier alpha value is -0.790.